The molecule has 0 bridgehead atoms. The summed E-state index contributed by atoms with van der Waals surface area (Å²) in [5, 5.41) is 17.8. The molecule has 0 radical (unpaired) electrons. The summed E-state index contributed by atoms with van der Waals surface area (Å²) in [4.78, 5) is 18.8. The monoisotopic (exact) mass is 474 g/mol. The van der Waals surface area contributed by atoms with Crippen molar-refractivity contribution < 1.29 is 5.11 Å². The summed E-state index contributed by atoms with van der Waals surface area (Å²) >= 11 is 1.66. The lowest BCUT2D eigenvalue weighted by Crippen LogP contribution is -2.25. The van der Waals surface area contributed by atoms with E-state index < -0.39 is 0 Å². The van der Waals surface area contributed by atoms with Crippen LogP contribution in [0, 0.1) is 24.7 Å². The molecule has 176 valence electrons. The van der Waals surface area contributed by atoms with Crippen LogP contribution in [0.15, 0.2) is 48.8 Å². The number of hydrogen-bond donors (Lipinski definition) is 3. The van der Waals surface area contributed by atoms with Crippen molar-refractivity contribution in [1.82, 2.24) is 19.9 Å². The lowest BCUT2D eigenvalue weighted by atomic mass is 9.92. The minimum atomic E-state index is 0.217. The largest absolute Gasteiger partial charge is 0.396 e. The molecule has 0 saturated heterocycles. The molecule has 3 heterocycles. The van der Waals surface area contributed by atoms with E-state index >= 15 is 0 Å². The molecule has 1 saturated carbocycles. The number of aliphatic hydroxyl groups is 1. The molecule has 4 atom stereocenters. The first kappa shape index (κ1) is 22.7. The smallest absolute Gasteiger partial charge is 0.225 e. The standard InChI is InChI=1S/C26H30N6OS/c1-15-16(2)21(11-19(15)14-33)30-24-23(25-31-20-8-4-5-9-22(20)34-25)17(3)29-26(32-24)28-13-18-7-6-10-27-12-18/h4-10,12,15-16,19,21,33H,11,13-14H2,1-3H3,(H2,28,29,30,32)/t15-,16+,19+,21+/m0/s1. The zero-order valence-corrected chi connectivity index (χ0v) is 20.5. The summed E-state index contributed by atoms with van der Waals surface area (Å²) in [5.41, 5.74) is 3.87. The number of anilines is 2. The maximum atomic E-state index is 9.84. The van der Waals surface area contributed by atoms with Crippen molar-refractivity contribution in [3.05, 3.63) is 60.0 Å². The molecular weight excluding hydrogens is 444 g/mol. The SMILES string of the molecule is Cc1nc(NCc2cccnc2)nc(N[C@@H]2C[C@H](CO)[C@@H](C)[C@H]2C)c1-c1nc2ccccc2s1. The van der Waals surface area contributed by atoms with E-state index in [4.69, 9.17) is 15.0 Å². The third kappa shape index (κ3) is 4.48. The molecule has 34 heavy (non-hydrogen) atoms. The van der Waals surface area contributed by atoms with E-state index in [-0.39, 0.29) is 12.6 Å². The quantitative estimate of drug-likeness (QED) is 0.341. The molecule has 1 aliphatic carbocycles. The first-order valence-corrected chi connectivity index (χ1v) is 12.6. The average molecular weight is 475 g/mol. The molecule has 8 heteroatoms. The Morgan fingerprint density at radius 2 is 1.91 bits per heavy atom. The number of thiazole rings is 1. The Morgan fingerprint density at radius 3 is 2.65 bits per heavy atom. The number of hydrogen-bond acceptors (Lipinski definition) is 8. The topological polar surface area (TPSA) is 95.9 Å². The van der Waals surface area contributed by atoms with E-state index in [1.807, 2.05) is 43.5 Å². The van der Waals surface area contributed by atoms with Gasteiger partial charge in [0.05, 0.1) is 21.5 Å². The third-order valence-electron chi connectivity index (χ3n) is 7.09. The van der Waals surface area contributed by atoms with Gasteiger partial charge in [0.25, 0.3) is 0 Å². The van der Waals surface area contributed by atoms with E-state index in [1.54, 1.807) is 17.5 Å². The molecule has 4 aromatic rings. The number of nitrogens with zero attached hydrogens (tertiary/aromatic N) is 4. The molecule has 0 unspecified atom stereocenters. The number of nitrogens with one attached hydrogen (secondary N) is 2. The van der Waals surface area contributed by atoms with E-state index in [2.05, 4.69) is 35.5 Å². The summed E-state index contributed by atoms with van der Waals surface area (Å²) in [6, 6.07) is 12.3. The van der Waals surface area contributed by atoms with E-state index in [9.17, 15) is 5.11 Å². The van der Waals surface area contributed by atoms with Crippen LogP contribution >= 0.6 is 11.3 Å². The Hall–Kier alpha value is -3.10. The molecule has 0 aliphatic heterocycles. The van der Waals surface area contributed by atoms with Crippen LogP contribution in [-0.4, -0.2) is 37.7 Å². The lowest BCUT2D eigenvalue weighted by Gasteiger charge is -2.22. The maximum Gasteiger partial charge on any atom is 0.225 e. The number of para-hydroxylation sites is 1. The van der Waals surface area contributed by atoms with Crippen molar-refractivity contribution in [3.63, 3.8) is 0 Å². The number of benzene rings is 1. The molecule has 0 amide bonds. The summed E-state index contributed by atoms with van der Waals surface area (Å²) in [6.07, 6.45) is 4.52. The number of rotatable bonds is 7. The van der Waals surface area contributed by atoms with Gasteiger partial charge in [0, 0.05) is 31.6 Å². The first-order chi connectivity index (χ1) is 16.5. The summed E-state index contributed by atoms with van der Waals surface area (Å²) in [5.74, 6) is 2.53. The Balaban J connectivity index is 1.51. The van der Waals surface area contributed by atoms with Crippen molar-refractivity contribution >= 4 is 33.3 Å². The van der Waals surface area contributed by atoms with Gasteiger partial charge in [-0.3, -0.25) is 4.98 Å². The van der Waals surface area contributed by atoms with Gasteiger partial charge >= 0.3 is 0 Å². The number of pyridine rings is 1. The molecule has 3 aromatic heterocycles. The Bertz CT molecular complexity index is 1240. The summed E-state index contributed by atoms with van der Waals surface area (Å²) in [6.45, 7) is 7.31. The van der Waals surface area contributed by atoms with Crippen LogP contribution in [0.1, 0.15) is 31.5 Å². The zero-order valence-electron chi connectivity index (χ0n) is 19.7. The summed E-state index contributed by atoms with van der Waals surface area (Å²) in [7, 11) is 0. The Kier molecular flexibility index (Phi) is 6.43. The molecule has 5 rings (SSSR count). The lowest BCUT2D eigenvalue weighted by molar-refractivity contribution is 0.191. The van der Waals surface area contributed by atoms with Gasteiger partial charge < -0.3 is 15.7 Å². The predicted molar refractivity (Wildman–Crippen MR) is 138 cm³/mol. The van der Waals surface area contributed by atoms with Gasteiger partial charge in [0.1, 0.15) is 10.8 Å². The maximum absolute atomic E-state index is 9.84. The van der Waals surface area contributed by atoms with Crippen molar-refractivity contribution in [2.24, 2.45) is 17.8 Å². The van der Waals surface area contributed by atoms with Crippen LogP contribution in [0.4, 0.5) is 11.8 Å². The van der Waals surface area contributed by atoms with Gasteiger partial charge in [0.2, 0.25) is 5.95 Å². The van der Waals surface area contributed by atoms with Gasteiger partial charge in [-0.1, -0.05) is 32.0 Å². The minimum absolute atomic E-state index is 0.217. The normalized spacial score (nSPS) is 22.2. The van der Waals surface area contributed by atoms with Crippen LogP contribution in [0.2, 0.25) is 0 Å². The van der Waals surface area contributed by atoms with Crippen molar-refractivity contribution in [3.8, 4) is 10.6 Å². The fraction of sp³-hybridized carbons (Fsp3) is 0.385. The second-order valence-corrected chi connectivity index (χ2v) is 10.2. The third-order valence-corrected chi connectivity index (χ3v) is 8.15. The first-order valence-electron chi connectivity index (χ1n) is 11.8. The number of fused-ring (bicyclic) bond motifs is 1. The van der Waals surface area contributed by atoms with Gasteiger partial charge in [-0.2, -0.15) is 4.98 Å². The highest BCUT2D eigenvalue weighted by atomic mass is 32.1. The highest BCUT2D eigenvalue weighted by molar-refractivity contribution is 7.21. The van der Waals surface area contributed by atoms with E-state index in [1.165, 1.54) is 0 Å². The van der Waals surface area contributed by atoms with Crippen LogP contribution < -0.4 is 10.6 Å². The van der Waals surface area contributed by atoms with Crippen molar-refractivity contribution in [1.29, 1.82) is 0 Å². The fourth-order valence-electron chi connectivity index (χ4n) is 4.83. The fourth-order valence-corrected chi connectivity index (χ4v) is 5.90. The van der Waals surface area contributed by atoms with Crippen LogP contribution in [-0.2, 0) is 6.54 Å². The van der Waals surface area contributed by atoms with E-state index in [0.717, 1.165) is 44.3 Å². The highest BCUT2D eigenvalue weighted by Gasteiger charge is 2.38. The van der Waals surface area contributed by atoms with Gasteiger partial charge in [-0.15, -0.1) is 11.3 Å². The molecular formula is C26H30N6OS. The minimum Gasteiger partial charge on any atom is -0.396 e. The molecule has 1 fully saturated rings. The summed E-state index contributed by atoms with van der Waals surface area (Å²) < 4.78 is 1.14. The number of aryl methyl sites for hydroxylation is 1. The number of aromatic nitrogens is 4. The molecule has 1 aliphatic rings. The highest BCUT2D eigenvalue weighted by Crippen LogP contribution is 2.41. The number of aliphatic hydroxyl groups excluding tert-OH is 1. The molecule has 7 nitrogen and oxygen atoms in total. The average Bonchev–Trinajstić information content (AvgIpc) is 3.39. The second-order valence-electron chi connectivity index (χ2n) is 9.21. The second kappa shape index (κ2) is 9.64. The predicted octanol–water partition coefficient (Wildman–Crippen LogP) is 5.13. The Labute approximate surface area is 203 Å². The zero-order chi connectivity index (χ0) is 23.7. The van der Waals surface area contributed by atoms with Gasteiger partial charge in [0.15, 0.2) is 0 Å². The van der Waals surface area contributed by atoms with Crippen LogP contribution in [0.25, 0.3) is 20.8 Å². The van der Waals surface area contributed by atoms with Crippen LogP contribution in [0.5, 0.6) is 0 Å². The van der Waals surface area contributed by atoms with Gasteiger partial charge in [-0.25, -0.2) is 9.97 Å². The van der Waals surface area contributed by atoms with Crippen molar-refractivity contribution in [2.45, 2.75) is 39.8 Å². The molecule has 0 spiro atoms. The molecule has 3 N–H and O–H groups in total. The van der Waals surface area contributed by atoms with Gasteiger partial charge in [-0.05, 0) is 54.9 Å². The van der Waals surface area contributed by atoms with E-state index in [0.29, 0.717) is 30.2 Å². The molecule has 1 aromatic carbocycles. The van der Waals surface area contributed by atoms with Crippen LogP contribution in [0.3, 0.4) is 0 Å². The Morgan fingerprint density at radius 1 is 1.06 bits per heavy atom. The van der Waals surface area contributed by atoms with Crippen molar-refractivity contribution in [2.75, 3.05) is 17.2 Å².